The zero-order valence-electron chi connectivity index (χ0n) is 30.1. The fourth-order valence-electron chi connectivity index (χ4n) is 6.31. The molecule has 44 heavy (non-hydrogen) atoms. The molecule has 0 spiro atoms. The molecule has 0 aliphatic carbocycles. The molecule has 212 valence electrons. The minimum Gasteiger partial charge on any atom is -0.311 e. The summed E-state index contributed by atoms with van der Waals surface area (Å²) in [5, 5.41) is 2.32. The lowest BCUT2D eigenvalue weighted by atomic mass is 9.93. The second-order valence-corrected chi connectivity index (χ2v) is 11.3. The molecular weight excluding hydrogens is 530 g/mol. The normalized spacial score (nSPS) is 12.7. The Balaban J connectivity index is 1.31. The van der Waals surface area contributed by atoms with Crippen LogP contribution in [0.2, 0.25) is 0 Å². The lowest BCUT2D eigenvalue weighted by Crippen LogP contribution is -2.09. The van der Waals surface area contributed by atoms with Gasteiger partial charge < -0.3 is 4.90 Å². The van der Waals surface area contributed by atoms with Gasteiger partial charge in [0.05, 0.1) is 6.85 Å². The lowest BCUT2D eigenvalue weighted by molar-refractivity contribution is 1.28. The monoisotopic (exact) mass is 570 g/mol. The van der Waals surface area contributed by atoms with Crippen molar-refractivity contribution in [1.29, 1.82) is 0 Å². The third kappa shape index (κ3) is 5.29. The summed E-state index contributed by atoms with van der Waals surface area (Å²) in [5.41, 5.74) is 11.7. The van der Waals surface area contributed by atoms with E-state index in [9.17, 15) is 0 Å². The molecule has 1 nitrogen and oxygen atoms in total. The molecule has 0 heterocycles. The van der Waals surface area contributed by atoms with Crippen LogP contribution in [-0.2, 0) is 0 Å². The van der Waals surface area contributed by atoms with Crippen molar-refractivity contribution in [2.75, 3.05) is 4.90 Å². The van der Waals surface area contributed by atoms with E-state index in [1.807, 2.05) is 54.6 Å². The Kier molecular flexibility index (Phi) is 5.90. The molecule has 0 aliphatic heterocycles. The van der Waals surface area contributed by atoms with Gasteiger partial charge in [0.15, 0.2) is 0 Å². The van der Waals surface area contributed by atoms with Crippen LogP contribution in [0.5, 0.6) is 0 Å². The van der Waals surface area contributed by atoms with Crippen LogP contribution >= 0.6 is 0 Å². The maximum Gasteiger partial charge on any atom is 0.0645 e. The number of nitrogens with zero attached hydrogens (tertiary/aromatic N) is 1. The number of hydrogen-bond acceptors (Lipinski definition) is 1. The van der Waals surface area contributed by atoms with Gasteiger partial charge in [0.2, 0.25) is 0 Å². The molecule has 0 radical (unpaired) electrons. The van der Waals surface area contributed by atoms with Crippen molar-refractivity contribution in [3.8, 4) is 33.4 Å². The van der Waals surface area contributed by atoms with Gasteiger partial charge in [0.25, 0.3) is 0 Å². The van der Waals surface area contributed by atoms with E-state index in [1.54, 1.807) is 4.90 Å². The third-order valence-electron chi connectivity index (χ3n) is 8.23. The Labute approximate surface area is 267 Å². The van der Waals surface area contributed by atoms with Crippen LogP contribution in [0.4, 0.5) is 17.1 Å². The Morgan fingerprint density at radius 2 is 1.09 bits per heavy atom. The molecule has 1 heteroatoms. The van der Waals surface area contributed by atoms with Gasteiger partial charge >= 0.3 is 0 Å². The number of fused-ring (bicyclic) bond motifs is 1. The number of aryl methyl sites for hydroxylation is 3. The van der Waals surface area contributed by atoms with Crippen LogP contribution in [0.1, 0.15) is 23.5 Å². The van der Waals surface area contributed by atoms with Crippen molar-refractivity contribution in [3.63, 3.8) is 0 Å². The van der Waals surface area contributed by atoms with E-state index in [1.165, 1.54) is 38.8 Å². The molecule has 7 rings (SSSR count). The van der Waals surface area contributed by atoms with Crippen molar-refractivity contribution < 1.29 is 6.85 Å². The van der Waals surface area contributed by atoms with Gasteiger partial charge in [0, 0.05) is 17.1 Å². The summed E-state index contributed by atoms with van der Waals surface area (Å²) in [4.78, 5) is 1.76. The van der Waals surface area contributed by atoms with E-state index in [4.69, 9.17) is 6.85 Å². The molecule has 0 saturated heterocycles. The first-order chi connectivity index (χ1) is 23.6. The van der Waals surface area contributed by atoms with Crippen molar-refractivity contribution in [1.82, 2.24) is 0 Å². The number of rotatable bonds is 6. The highest BCUT2D eigenvalue weighted by Crippen LogP contribution is 2.38. The standard InChI is InChI=1S/C43H35N/c1-30-27-31(2)43(32(3)28-30)35-19-24-40(25-20-35)44(38-14-8-5-9-15-38)39-22-17-33(18-23-39)36-21-26-42-37(29-36)13-10-16-41(42)34-11-6-4-7-12-34/h4-29H,1-3H3/i5D,8D,9D,14D,15D. The summed E-state index contributed by atoms with van der Waals surface area (Å²) in [5.74, 6) is 0. The SMILES string of the molecule is [2H]c1c([2H])c([2H])c(N(c2ccc(-c3ccc4c(-c5ccccc5)cccc4c3)cc2)c2ccc(-c3c(C)cc(C)cc3C)cc2)c([2H])c1[2H]. The highest BCUT2D eigenvalue weighted by atomic mass is 15.1. The molecule has 0 saturated carbocycles. The largest absolute Gasteiger partial charge is 0.311 e. The Hall–Kier alpha value is -5.40. The predicted octanol–water partition coefficient (Wildman–Crippen LogP) is 12.2. The molecule has 7 aromatic carbocycles. The van der Waals surface area contributed by atoms with Gasteiger partial charge in [-0.25, -0.2) is 0 Å². The molecule has 0 amide bonds. The Morgan fingerprint density at radius 1 is 0.477 bits per heavy atom. The van der Waals surface area contributed by atoms with Crippen LogP contribution in [0.3, 0.4) is 0 Å². The molecular formula is C43H35N. The average molecular weight is 571 g/mol. The predicted molar refractivity (Wildman–Crippen MR) is 189 cm³/mol. The van der Waals surface area contributed by atoms with Crippen LogP contribution in [-0.4, -0.2) is 0 Å². The topological polar surface area (TPSA) is 3.24 Å². The quantitative estimate of drug-likeness (QED) is 0.192. The highest BCUT2D eigenvalue weighted by molar-refractivity contribution is 5.98. The fourth-order valence-corrected chi connectivity index (χ4v) is 6.31. The van der Waals surface area contributed by atoms with Crippen molar-refractivity contribution in [2.24, 2.45) is 0 Å². The van der Waals surface area contributed by atoms with Crippen LogP contribution in [0.25, 0.3) is 44.2 Å². The zero-order valence-corrected chi connectivity index (χ0v) is 25.1. The number of anilines is 3. The maximum absolute atomic E-state index is 8.84. The lowest BCUT2D eigenvalue weighted by Gasteiger charge is -2.26. The molecule has 0 bridgehead atoms. The molecule has 7 aromatic rings. The zero-order chi connectivity index (χ0) is 34.4. The van der Waals surface area contributed by atoms with E-state index in [0.717, 1.165) is 22.1 Å². The van der Waals surface area contributed by atoms with Gasteiger partial charge in [-0.1, -0.05) is 121 Å². The Morgan fingerprint density at radius 3 is 1.75 bits per heavy atom. The van der Waals surface area contributed by atoms with Gasteiger partial charge in [0.1, 0.15) is 0 Å². The summed E-state index contributed by atoms with van der Waals surface area (Å²) in [6.07, 6.45) is 0. The van der Waals surface area contributed by atoms with Crippen molar-refractivity contribution in [2.45, 2.75) is 20.8 Å². The molecule has 0 atom stereocenters. The summed E-state index contributed by atoms with van der Waals surface area (Å²) < 4.78 is 42.7. The first-order valence-electron chi connectivity index (χ1n) is 17.4. The average Bonchev–Trinajstić information content (AvgIpc) is 3.12. The van der Waals surface area contributed by atoms with Gasteiger partial charge in [-0.05, 0) is 118 Å². The maximum atomic E-state index is 8.84. The van der Waals surface area contributed by atoms with Crippen molar-refractivity contribution >= 4 is 27.8 Å². The minimum atomic E-state index is -0.415. The second-order valence-electron chi connectivity index (χ2n) is 11.3. The summed E-state index contributed by atoms with van der Waals surface area (Å²) in [6.45, 7) is 6.32. The Bertz CT molecular complexity index is 2300. The van der Waals surface area contributed by atoms with E-state index < -0.39 is 6.04 Å². The molecule has 0 aliphatic rings. The molecule has 0 aromatic heterocycles. The third-order valence-corrected chi connectivity index (χ3v) is 8.23. The highest BCUT2D eigenvalue weighted by Gasteiger charge is 2.14. The fraction of sp³-hybridized carbons (Fsp3) is 0.0698. The van der Waals surface area contributed by atoms with Gasteiger partial charge in [-0.2, -0.15) is 0 Å². The summed E-state index contributed by atoms with van der Waals surface area (Å²) in [6, 6.07) is 41.8. The van der Waals surface area contributed by atoms with Gasteiger partial charge in [-0.3, -0.25) is 0 Å². The number of hydrogen-bond donors (Lipinski definition) is 0. The van der Waals surface area contributed by atoms with Crippen molar-refractivity contribution in [3.05, 3.63) is 174 Å². The van der Waals surface area contributed by atoms with E-state index in [-0.39, 0.29) is 29.9 Å². The number of para-hydroxylation sites is 1. The molecule has 0 fully saturated rings. The van der Waals surface area contributed by atoms with Gasteiger partial charge in [-0.15, -0.1) is 0 Å². The minimum absolute atomic E-state index is 0.105. The molecule has 0 N–H and O–H groups in total. The first kappa shape index (κ1) is 22.2. The second kappa shape index (κ2) is 11.7. The number of benzene rings is 7. The smallest absolute Gasteiger partial charge is 0.0645 e. The van der Waals surface area contributed by atoms with E-state index in [0.29, 0.717) is 11.4 Å². The van der Waals surface area contributed by atoms with E-state index in [2.05, 4.69) is 93.6 Å². The summed E-state index contributed by atoms with van der Waals surface area (Å²) in [7, 11) is 0. The van der Waals surface area contributed by atoms with Crippen LogP contribution in [0, 0.1) is 20.8 Å². The molecule has 0 unspecified atom stereocenters. The van der Waals surface area contributed by atoms with Crippen LogP contribution < -0.4 is 4.90 Å². The first-order valence-corrected chi connectivity index (χ1v) is 14.9. The van der Waals surface area contributed by atoms with E-state index >= 15 is 0 Å². The van der Waals surface area contributed by atoms with Crippen LogP contribution in [0.15, 0.2) is 158 Å². The summed E-state index contributed by atoms with van der Waals surface area (Å²) >= 11 is 0.